The van der Waals surface area contributed by atoms with Crippen molar-refractivity contribution in [2.45, 2.75) is 26.7 Å². The molecule has 0 radical (unpaired) electrons. The second kappa shape index (κ2) is 10.2. The van der Waals surface area contributed by atoms with Crippen molar-refractivity contribution < 1.29 is 9.59 Å². The fraction of sp³-hybridized carbons (Fsp3) is 0.429. The van der Waals surface area contributed by atoms with Gasteiger partial charge in [0.15, 0.2) is 5.82 Å². The van der Waals surface area contributed by atoms with E-state index in [1.807, 2.05) is 30.0 Å². The molecule has 1 aliphatic rings. The molecule has 166 valence electrons. The van der Waals surface area contributed by atoms with Crippen LogP contribution in [-0.4, -0.2) is 59.9 Å². The number of carbonyl (C=O) groups is 2. The second-order valence-corrected chi connectivity index (χ2v) is 8.10. The third kappa shape index (κ3) is 5.57. The van der Waals surface area contributed by atoms with E-state index in [9.17, 15) is 9.59 Å². The van der Waals surface area contributed by atoms with Gasteiger partial charge in [-0.15, -0.1) is 0 Å². The molecule has 31 heavy (non-hydrogen) atoms. The number of nitrogens with zero attached hydrogens (tertiary/aromatic N) is 5. The molecule has 0 bridgehead atoms. The van der Waals surface area contributed by atoms with E-state index in [2.05, 4.69) is 20.2 Å². The molecule has 1 aromatic heterocycles. The first-order valence-corrected chi connectivity index (χ1v) is 10.9. The second-order valence-electron chi connectivity index (χ2n) is 7.36. The minimum absolute atomic E-state index is 0.0101. The SMILES string of the molecule is CCCC(=O)N(C)c1cc(N2CCN(C(C)=O)CC2)ccc1Nc1nc(Cl)ncc1Cl. The van der Waals surface area contributed by atoms with Crippen LogP contribution in [0.3, 0.4) is 0 Å². The molecule has 0 atom stereocenters. The molecular weight excluding hydrogens is 439 g/mol. The molecule has 2 heterocycles. The largest absolute Gasteiger partial charge is 0.368 e. The fourth-order valence-corrected chi connectivity index (χ4v) is 3.73. The van der Waals surface area contributed by atoms with Crippen LogP contribution in [0.5, 0.6) is 0 Å². The van der Waals surface area contributed by atoms with Gasteiger partial charge in [0.25, 0.3) is 0 Å². The molecule has 3 rings (SSSR count). The molecule has 1 aliphatic heterocycles. The van der Waals surface area contributed by atoms with E-state index in [4.69, 9.17) is 23.2 Å². The molecule has 10 heteroatoms. The van der Waals surface area contributed by atoms with Gasteiger partial charge >= 0.3 is 0 Å². The van der Waals surface area contributed by atoms with E-state index >= 15 is 0 Å². The van der Waals surface area contributed by atoms with Gasteiger partial charge in [0.1, 0.15) is 5.02 Å². The third-order valence-electron chi connectivity index (χ3n) is 5.24. The summed E-state index contributed by atoms with van der Waals surface area (Å²) in [5.41, 5.74) is 2.36. The summed E-state index contributed by atoms with van der Waals surface area (Å²) in [6, 6.07) is 5.84. The summed E-state index contributed by atoms with van der Waals surface area (Å²) in [4.78, 5) is 38.0. The Hall–Kier alpha value is -2.58. The number of carbonyl (C=O) groups excluding carboxylic acids is 2. The van der Waals surface area contributed by atoms with Crippen LogP contribution >= 0.6 is 23.2 Å². The molecule has 1 saturated heterocycles. The first kappa shape index (κ1) is 23.1. The number of anilines is 4. The van der Waals surface area contributed by atoms with E-state index in [1.54, 1.807) is 18.9 Å². The topological polar surface area (TPSA) is 81.7 Å². The average molecular weight is 465 g/mol. The maximum atomic E-state index is 12.6. The van der Waals surface area contributed by atoms with Gasteiger partial charge < -0.3 is 20.0 Å². The Kier molecular flexibility index (Phi) is 7.56. The summed E-state index contributed by atoms with van der Waals surface area (Å²) < 4.78 is 0. The van der Waals surface area contributed by atoms with Gasteiger partial charge in [-0.05, 0) is 36.2 Å². The van der Waals surface area contributed by atoms with Crippen LogP contribution in [0.2, 0.25) is 10.3 Å². The van der Waals surface area contributed by atoms with Crippen molar-refractivity contribution in [3.05, 3.63) is 34.7 Å². The van der Waals surface area contributed by atoms with Crippen molar-refractivity contribution in [1.82, 2.24) is 14.9 Å². The van der Waals surface area contributed by atoms with Crippen LogP contribution in [-0.2, 0) is 9.59 Å². The Bertz CT molecular complexity index is 963. The van der Waals surface area contributed by atoms with Crippen LogP contribution in [0.4, 0.5) is 22.9 Å². The molecule has 1 aromatic carbocycles. The number of aromatic nitrogens is 2. The quantitative estimate of drug-likeness (QED) is 0.651. The van der Waals surface area contributed by atoms with E-state index in [0.717, 1.165) is 25.2 Å². The lowest BCUT2D eigenvalue weighted by Crippen LogP contribution is -2.48. The Morgan fingerprint density at radius 2 is 1.90 bits per heavy atom. The highest BCUT2D eigenvalue weighted by molar-refractivity contribution is 6.33. The number of piperazine rings is 1. The summed E-state index contributed by atoms with van der Waals surface area (Å²) in [6.45, 7) is 6.36. The lowest BCUT2D eigenvalue weighted by Gasteiger charge is -2.36. The van der Waals surface area contributed by atoms with Crippen molar-refractivity contribution in [3.63, 3.8) is 0 Å². The summed E-state index contributed by atoms with van der Waals surface area (Å²) in [5, 5.41) is 3.57. The highest BCUT2D eigenvalue weighted by atomic mass is 35.5. The first-order chi connectivity index (χ1) is 14.8. The summed E-state index contributed by atoms with van der Waals surface area (Å²) in [5.74, 6) is 0.461. The molecule has 1 N–H and O–H groups in total. The number of benzene rings is 1. The molecule has 0 aliphatic carbocycles. The monoisotopic (exact) mass is 464 g/mol. The average Bonchev–Trinajstić information content (AvgIpc) is 2.76. The Balaban J connectivity index is 1.92. The van der Waals surface area contributed by atoms with Gasteiger partial charge in [-0.3, -0.25) is 9.59 Å². The van der Waals surface area contributed by atoms with Crippen molar-refractivity contribution in [2.75, 3.05) is 48.3 Å². The zero-order valence-electron chi connectivity index (χ0n) is 17.9. The molecular formula is C21H26Cl2N6O2. The number of halogens is 2. The van der Waals surface area contributed by atoms with Crippen LogP contribution in [0, 0.1) is 0 Å². The van der Waals surface area contributed by atoms with Crippen molar-refractivity contribution >= 4 is 57.9 Å². The van der Waals surface area contributed by atoms with Gasteiger partial charge in [-0.1, -0.05) is 18.5 Å². The number of nitrogens with one attached hydrogen (secondary N) is 1. The minimum atomic E-state index is 0.0101. The lowest BCUT2D eigenvalue weighted by molar-refractivity contribution is -0.129. The first-order valence-electron chi connectivity index (χ1n) is 10.2. The molecule has 2 amide bonds. The maximum absolute atomic E-state index is 12.6. The fourth-order valence-electron chi connectivity index (χ4n) is 3.46. The molecule has 1 fully saturated rings. The zero-order chi connectivity index (χ0) is 22.5. The number of amides is 2. The Morgan fingerprint density at radius 1 is 1.19 bits per heavy atom. The predicted molar refractivity (Wildman–Crippen MR) is 125 cm³/mol. The van der Waals surface area contributed by atoms with Crippen LogP contribution in [0.15, 0.2) is 24.4 Å². The lowest BCUT2D eigenvalue weighted by atomic mass is 10.1. The molecule has 8 nitrogen and oxygen atoms in total. The van der Waals surface area contributed by atoms with E-state index in [-0.39, 0.29) is 17.1 Å². The van der Waals surface area contributed by atoms with Crippen molar-refractivity contribution in [1.29, 1.82) is 0 Å². The summed E-state index contributed by atoms with van der Waals surface area (Å²) >= 11 is 12.1. The third-order valence-corrected chi connectivity index (χ3v) is 5.70. The minimum Gasteiger partial charge on any atom is -0.368 e. The van der Waals surface area contributed by atoms with Crippen molar-refractivity contribution in [2.24, 2.45) is 0 Å². The number of rotatable bonds is 6. The van der Waals surface area contributed by atoms with Crippen molar-refractivity contribution in [3.8, 4) is 0 Å². The van der Waals surface area contributed by atoms with Crippen LogP contribution < -0.4 is 15.1 Å². The van der Waals surface area contributed by atoms with Gasteiger partial charge in [0.05, 0.1) is 17.6 Å². The zero-order valence-corrected chi connectivity index (χ0v) is 19.4. The number of hydrogen-bond donors (Lipinski definition) is 1. The smallest absolute Gasteiger partial charge is 0.226 e. The van der Waals surface area contributed by atoms with E-state index in [1.165, 1.54) is 6.20 Å². The maximum Gasteiger partial charge on any atom is 0.226 e. The van der Waals surface area contributed by atoms with Gasteiger partial charge in [-0.2, -0.15) is 4.98 Å². The Labute approximate surface area is 192 Å². The highest BCUT2D eigenvalue weighted by Crippen LogP contribution is 2.34. The normalized spacial score (nSPS) is 13.8. The molecule has 0 saturated carbocycles. The highest BCUT2D eigenvalue weighted by Gasteiger charge is 2.22. The summed E-state index contributed by atoms with van der Waals surface area (Å²) in [6.07, 6.45) is 2.62. The Morgan fingerprint density at radius 3 is 2.55 bits per heavy atom. The molecule has 0 spiro atoms. The standard InChI is InChI=1S/C21H26Cl2N6O2/c1-4-5-19(31)27(3)18-12-15(29-10-8-28(9-11-29)14(2)30)6-7-17(18)25-20-16(22)13-24-21(23)26-20/h6-7,12-13H,4-5,8-11H2,1-3H3,(H,24,25,26). The predicted octanol–water partition coefficient (Wildman–Crippen LogP) is 3.96. The van der Waals surface area contributed by atoms with Crippen LogP contribution in [0.25, 0.3) is 0 Å². The van der Waals surface area contributed by atoms with Gasteiger partial charge in [-0.25, -0.2) is 4.98 Å². The molecule has 0 unspecified atom stereocenters. The van der Waals surface area contributed by atoms with Gasteiger partial charge in [0, 0.05) is 52.3 Å². The van der Waals surface area contributed by atoms with Crippen LogP contribution in [0.1, 0.15) is 26.7 Å². The molecule has 2 aromatic rings. The summed E-state index contributed by atoms with van der Waals surface area (Å²) in [7, 11) is 1.75. The van der Waals surface area contributed by atoms with E-state index < -0.39 is 0 Å². The van der Waals surface area contributed by atoms with Gasteiger partial charge in [0.2, 0.25) is 17.1 Å². The number of hydrogen-bond acceptors (Lipinski definition) is 6. The van der Waals surface area contributed by atoms with E-state index in [0.29, 0.717) is 41.7 Å².